The second kappa shape index (κ2) is 6.16. The second-order valence-electron chi connectivity index (χ2n) is 0.448. The van der Waals surface area contributed by atoms with Crippen LogP contribution < -0.4 is 0 Å². The van der Waals surface area contributed by atoms with E-state index in [2.05, 4.69) is 0 Å². The van der Waals surface area contributed by atoms with Crippen molar-refractivity contribution < 1.29 is 17.5 Å². The predicted octanol–water partition coefficient (Wildman–Crippen LogP) is -2.22. The van der Waals surface area contributed by atoms with E-state index in [0.29, 0.717) is 0 Å². The molecule has 4 nitrogen and oxygen atoms in total. The Morgan fingerprint density at radius 2 is 1.14 bits per heavy atom. The Morgan fingerprint density at radius 3 is 1.14 bits per heavy atom. The van der Waals surface area contributed by atoms with E-state index in [1.54, 1.807) is 0 Å². The molecule has 0 radical (unpaired) electrons. The van der Waals surface area contributed by atoms with Gasteiger partial charge in [0.2, 0.25) is 0 Å². The van der Waals surface area contributed by atoms with E-state index in [1.807, 2.05) is 0 Å². The summed E-state index contributed by atoms with van der Waals surface area (Å²) in [6.07, 6.45) is 0. The Bertz CT molecular complexity index is 94.9. The molecule has 0 atom stereocenters. The van der Waals surface area contributed by atoms with Gasteiger partial charge in [0.1, 0.15) is 0 Å². The summed E-state index contributed by atoms with van der Waals surface area (Å²) in [4.78, 5) is 0. The van der Waals surface area contributed by atoms with Crippen LogP contribution >= 0.6 is 0 Å². The molecule has 0 rings (SSSR count). The molecule has 0 aromatic rings. The first-order chi connectivity index (χ1) is 2.00. The summed E-state index contributed by atoms with van der Waals surface area (Å²) in [5.41, 5.74) is 0. The van der Waals surface area contributed by atoms with E-state index in [-0.39, 0.29) is 67.7 Å². The van der Waals surface area contributed by atoms with Crippen LogP contribution in [0.2, 0.25) is 0 Å². The number of rotatable bonds is 0. The molecule has 0 aliphatic heterocycles. The minimum atomic E-state index is -4.67. The molecule has 38 valence electrons. The van der Waals surface area contributed by atoms with Crippen molar-refractivity contribution in [2.75, 3.05) is 0 Å². The van der Waals surface area contributed by atoms with Gasteiger partial charge in [-0.25, -0.2) is 0 Å². The van der Waals surface area contributed by atoms with E-state index in [4.69, 9.17) is 17.5 Å². The molecule has 0 amide bonds. The molecule has 0 aromatic heterocycles. The van der Waals surface area contributed by atoms with Crippen molar-refractivity contribution in [1.29, 1.82) is 0 Å². The van der Waals surface area contributed by atoms with Crippen LogP contribution in [0.25, 0.3) is 0 Å². The van der Waals surface area contributed by atoms with Crippen LogP contribution in [-0.4, -0.2) is 85.3 Å². The van der Waals surface area contributed by atoms with Crippen molar-refractivity contribution in [3.8, 4) is 0 Å². The van der Waals surface area contributed by atoms with E-state index >= 15 is 0 Å². The molecule has 0 aliphatic rings. The van der Waals surface area contributed by atoms with Crippen LogP contribution in [-0.2, 0) is 10.4 Å². The fourth-order valence-electron chi connectivity index (χ4n) is 0. The van der Waals surface area contributed by atoms with Gasteiger partial charge >= 0.3 is 78.1 Å². The Balaban J connectivity index is -0.0000000800. The number of hydrogen-bond donors (Lipinski definition) is 2. The summed E-state index contributed by atoms with van der Waals surface area (Å²) in [6, 6.07) is 0. The van der Waals surface area contributed by atoms with Crippen LogP contribution in [0.5, 0.6) is 0 Å². The van der Waals surface area contributed by atoms with Crippen LogP contribution in [0, 0.1) is 0 Å². The molecule has 0 aliphatic carbocycles. The van der Waals surface area contributed by atoms with Crippen LogP contribution in [0.15, 0.2) is 0 Å². The van der Waals surface area contributed by atoms with Crippen molar-refractivity contribution in [2.45, 2.75) is 0 Å². The van der Waals surface area contributed by atoms with Gasteiger partial charge in [-0.2, -0.15) is 8.42 Å². The summed E-state index contributed by atoms with van der Waals surface area (Å²) < 4.78 is 31.6. The Kier molecular flexibility index (Phi) is 14.1. The van der Waals surface area contributed by atoms with E-state index in [0.717, 1.165) is 0 Å². The average molecular weight is 245 g/mol. The topological polar surface area (TPSA) is 74.6 Å². The molecule has 0 fully saturated rings. The molecule has 7 heteroatoms. The van der Waals surface area contributed by atoms with E-state index < -0.39 is 10.4 Å². The van der Waals surface area contributed by atoms with Crippen molar-refractivity contribution in [3.63, 3.8) is 0 Å². The van der Waals surface area contributed by atoms with Gasteiger partial charge in [-0.1, -0.05) is 0 Å². The zero-order valence-electron chi connectivity index (χ0n) is 2.12. The first kappa shape index (κ1) is 16.0. The fourth-order valence-corrected chi connectivity index (χ4v) is 0. The van der Waals surface area contributed by atoms with Crippen LogP contribution in [0.4, 0.5) is 0 Å². The molecule has 0 saturated carbocycles. The van der Waals surface area contributed by atoms with Gasteiger partial charge in [0, 0.05) is 0 Å². The predicted molar refractivity (Wildman–Crippen MR) is 29.9 cm³/mol. The summed E-state index contributed by atoms with van der Waals surface area (Å²) in [5.74, 6) is 0. The Labute approximate surface area is 93.9 Å². The maximum atomic E-state index is 8.74. The molecule has 0 aromatic carbocycles. The molecular formula is H5BaLiO4S. The summed E-state index contributed by atoms with van der Waals surface area (Å²) in [6.45, 7) is 0. The molecule has 0 unspecified atom stereocenters. The average Bonchev–Trinajstić information content (AvgIpc) is 0.722. The van der Waals surface area contributed by atoms with Crippen LogP contribution in [0.1, 0.15) is 0 Å². The summed E-state index contributed by atoms with van der Waals surface area (Å²) in [5, 5.41) is 0. The first-order valence-corrected chi connectivity index (χ1v) is 2.10. The van der Waals surface area contributed by atoms with Gasteiger partial charge in [0.15, 0.2) is 0 Å². The SMILES string of the molecule is O=S(=O)(O)O.[BaH2].[LiH]. The fraction of sp³-hybridized carbons (Fsp3) is 0. The summed E-state index contributed by atoms with van der Waals surface area (Å²) in [7, 11) is -4.67. The van der Waals surface area contributed by atoms with Gasteiger partial charge in [0.05, 0.1) is 0 Å². The van der Waals surface area contributed by atoms with Crippen LogP contribution in [0.3, 0.4) is 0 Å². The molecule has 0 heterocycles. The summed E-state index contributed by atoms with van der Waals surface area (Å²) >= 11 is 0. The zero-order chi connectivity index (χ0) is 4.50. The molecule has 0 spiro atoms. The minimum absolute atomic E-state index is 0. The third-order valence-corrected chi connectivity index (χ3v) is 0. The molecular weight excluding hydrogens is 240 g/mol. The van der Waals surface area contributed by atoms with Crippen molar-refractivity contribution >= 4 is 78.1 Å². The second-order valence-corrected chi connectivity index (χ2v) is 1.34. The molecule has 0 saturated heterocycles. The van der Waals surface area contributed by atoms with Gasteiger partial charge < -0.3 is 0 Å². The standard InChI is InChI=1S/Ba.Li.H2O4S.3H/c;;1-5(2,3)4;;;/h;;(H2,1,2,3,4);;;. The molecule has 0 bridgehead atoms. The van der Waals surface area contributed by atoms with Gasteiger partial charge in [0.25, 0.3) is 0 Å². The van der Waals surface area contributed by atoms with Gasteiger partial charge in [-0.05, 0) is 0 Å². The van der Waals surface area contributed by atoms with Crippen molar-refractivity contribution in [2.24, 2.45) is 0 Å². The van der Waals surface area contributed by atoms with Crippen molar-refractivity contribution in [1.82, 2.24) is 0 Å². The Morgan fingerprint density at radius 1 is 1.14 bits per heavy atom. The monoisotopic (exact) mass is 246 g/mol. The quantitative estimate of drug-likeness (QED) is 0.375. The number of hydrogen-bond acceptors (Lipinski definition) is 2. The third kappa shape index (κ3) is 70.5. The van der Waals surface area contributed by atoms with E-state index in [9.17, 15) is 0 Å². The van der Waals surface area contributed by atoms with Crippen molar-refractivity contribution in [3.05, 3.63) is 0 Å². The normalized spacial score (nSPS) is 8.29. The zero-order valence-corrected chi connectivity index (χ0v) is 2.94. The van der Waals surface area contributed by atoms with Gasteiger partial charge in [-0.15, -0.1) is 0 Å². The van der Waals surface area contributed by atoms with E-state index in [1.165, 1.54) is 0 Å². The van der Waals surface area contributed by atoms with Gasteiger partial charge in [-0.3, -0.25) is 9.11 Å². The Hall–Kier alpha value is 2.04. The maximum absolute atomic E-state index is 8.74. The third-order valence-electron chi connectivity index (χ3n) is 0. The molecule has 7 heavy (non-hydrogen) atoms. The molecule has 2 N–H and O–H groups in total. The first-order valence-electron chi connectivity index (χ1n) is 0.698.